The average molecular weight is 290 g/mol. The molecular formula is C12H16ClNO3S. The van der Waals surface area contributed by atoms with Crippen LogP contribution in [0.5, 0.6) is 0 Å². The summed E-state index contributed by atoms with van der Waals surface area (Å²) in [6.07, 6.45) is 1.48. The number of halogens is 1. The molecule has 0 saturated heterocycles. The number of nitrogens with zero attached hydrogens (tertiary/aromatic N) is 1. The first-order chi connectivity index (χ1) is 8.43. The maximum absolute atomic E-state index is 12.4. The second-order valence-electron chi connectivity index (χ2n) is 3.79. The zero-order valence-electron chi connectivity index (χ0n) is 10.1. The SMILES string of the molecule is C=CCN(CCO)S(=O)(=O)c1ccc(Cl)cc1C. The summed E-state index contributed by atoms with van der Waals surface area (Å²) in [5, 5.41) is 9.42. The van der Waals surface area contributed by atoms with E-state index in [0.29, 0.717) is 10.6 Å². The maximum Gasteiger partial charge on any atom is 0.243 e. The lowest BCUT2D eigenvalue weighted by Crippen LogP contribution is -2.34. The Labute approximate surface area is 113 Å². The van der Waals surface area contributed by atoms with Gasteiger partial charge in [0.05, 0.1) is 11.5 Å². The second kappa shape index (κ2) is 6.33. The van der Waals surface area contributed by atoms with E-state index < -0.39 is 10.0 Å². The molecule has 0 aliphatic rings. The van der Waals surface area contributed by atoms with Gasteiger partial charge in [-0.1, -0.05) is 17.7 Å². The summed E-state index contributed by atoms with van der Waals surface area (Å²) in [4.78, 5) is 0.196. The van der Waals surface area contributed by atoms with E-state index in [0.717, 1.165) is 0 Å². The monoisotopic (exact) mass is 289 g/mol. The minimum Gasteiger partial charge on any atom is -0.395 e. The molecule has 1 N–H and O–H groups in total. The van der Waals surface area contributed by atoms with Crippen LogP contribution in [-0.4, -0.2) is 37.5 Å². The number of hydrogen-bond acceptors (Lipinski definition) is 3. The molecule has 0 unspecified atom stereocenters. The molecule has 0 aliphatic carbocycles. The molecule has 0 heterocycles. The number of aliphatic hydroxyl groups is 1. The molecule has 0 saturated carbocycles. The predicted octanol–water partition coefficient (Wildman–Crippen LogP) is 1.82. The fraction of sp³-hybridized carbons (Fsp3) is 0.333. The molecule has 0 atom stereocenters. The molecule has 4 nitrogen and oxygen atoms in total. The van der Waals surface area contributed by atoms with Crippen LogP contribution in [0.1, 0.15) is 5.56 Å². The second-order valence-corrected chi connectivity index (χ2v) is 6.13. The molecule has 6 heteroatoms. The average Bonchev–Trinajstić information content (AvgIpc) is 2.28. The fourth-order valence-electron chi connectivity index (χ4n) is 1.61. The van der Waals surface area contributed by atoms with Gasteiger partial charge in [0.2, 0.25) is 10.0 Å². The highest BCUT2D eigenvalue weighted by molar-refractivity contribution is 7.89. The van der Waals surface area contributed by atoms with Gasteiger partial charge < -0.3 is 5.11 Å². The van der Waals surface area contributed by atoms with Crippen LogP contribution in [0, 0.1) is 6.92 Å². The molecule has 1 rings (SSSR count). The van der Waals surface area contributed by atoms with Crippen molar-refractivity contribution >= 4 is 21.6 Å². The summed E-state index contributed by atoms with van der Waals surface area (Å²) < 4.78 is 25.9. The zero-order chi connectivity index (χ0) is 13.8. The highest BCUT2D eigenvalue weighted by atomic mass is 35.5. The highest BCUT2D eigenvalue weighted by Gasteiger charge is 2.24. The van der Waals surface area contributed by atoms with Gasteiger partial charge in [-0.15, -0.1) is 6.58 Å². The Hall–Kier alpha value is -0.880. The van der Waals surface area contributed by atoms with Gasteiger partial charge in [-0.3, -0.25) is 0 Å². The Morgan fingerprint density at radius 3 is 2.67 bits per heavy atom. The van der Waals surface area contributed by atoms with Crippen molar-refractivity contribution in [3.63, 3.8) is 0 Å². The van der Waals surface area contributed by atoms with Gasteiger partial charge in [-0.05, 0) is 30.7 Å². The number of sulfonamides is 1. The number of rotatable bonds is 6. The van der Waals surface area contributed by atoms with Gasteiger partial charge in [0.25, 0.3) is 0 Å². The van der Waals surface area contributed by atoms with E-state index in [2.05, 4.69) is 6.58 Å². The number of aliphatic hydroxyl groups excluding tert-OH is 1. The van der Waals surface area contributed by atoms with Crippen molar-refractivity contribution in [1.82, 2.24) is 4.31 Å². The largest absolute Gasteiger partial charge is 0.395 e. The Balaban J connectivity index is 3.21. The summed E-state index contributed by atoms with van der Waals surface area (Å²) in [6.45, 7) is 5.16. The van der Waals surface area contributed by atoms with Crippen molar-refractivity contribution in [3.8, 4) is 0 Å². The molecule has 1 aromatic carbocycles. The van der Waals surface area contributed by atoms with E-state index in [1.54, 1.807) is 13.0 Å². The molecule has 0 fully saturated rings. The molecule has 0 aromatic heterocycles. The van der Waals surface area contributed by atoms with Crippen molar-refractivity contribution < 1.29 is 13.5 Å². The third-order valence-corrected chi connectivity index (χ3v) is 4.70. The maximum atomic E-state index is 12.4. The molecule has 0 spiro atoms. The summed E-state index contributed by atoms with van der Waals surface area (Å²) in [5.41, 5.74) is 0.578. The number of hydrogen-bond donors (Lipinski definition) is 1. The van der Waals surface area contributed by atoms with Gasteiger partial charge >= 0.3 is 0 Å². The van der Waals surface area contributed by atoms with Gasteiger partial charge in [0, 0.05) is 18.1 Å². The molecule has 0 aliphatic heterocycles. The smallest absolute Gasteiger partial charge is 0.243 e. The van der Waals surface area contributed by atoms with Crippen LogP contribution in [-0.2, 0) is 10.0 Å². The molecule has 0 amide bonds. The van der Waals surface area contributed by atoms with Crippen LogP contribution >= 0.6 is 11.6 Å². The van der Waals surface area contributed by atoms with E-state index >= 15 is 0 Å². The zero-order valence-corrected chi connectivity index (χ0v) is 11.7. The Morgan fingerprint density at radius 1 is 1.50 bits per heavy atom. The van der Waals surface area contributed by atoms with Crippen molar-refractivity contribution in [1.29, 1.82) is 0 Å². The Kier molecular flexibility index (Phi) is 5.34. The lowest BCUT2D eigenvalue weighted by Gasteiger charge is -2.20. The Bertz CT molecular complexity index is 528. The fourth-order valence-corrected chi connectivity index (χ4v) is 3.44. The first kappa shape index (κ1) is 15.2. The minimum absolute atomic E-state index is 0.0381. The summed E-state index contributed by atoms with van der Waals surface area (Å²) in [6, 6.07) is 4.60. The van der Waals surface area contributed by atoms with Crippen molar-refractivity contribution in [2.24, 2.45) is 0 Å². The van der Waals surface area contributed by atoms with Gasteiger partial charge in [0.15, 0.2) is 0 Å². The third-order valence-electron chi connectivity index (χ3n) is 2.44. The van der Waals surface area contributed by atoms with Crippen LogP contribution < -0.4 is 0 Å². The van der Waals surface area contributed by atoms with Gasteiger partial charge in [0.1, 0.15) is 0 Å². The first-order valence-electron chi connectivity index (χ1n) is 5.41. The molecule has 18 heavy (non-hydrogen) atoms. The van der Waals surface area contributed by atoms with Crippen LogP contribution in [0.15, 0.2) is 35.7 Å². The van der Waals surface area contributed by atoms with Crippen LogP contribution in [0.2, 0.25) is 5.02 Å². The van der Waals surface area contributed by atoms with Crippen molar-refractivity contribution in [2.75, 3.05) is 19.7 Å². The Morgan fingerprint density at radius 2 is 2.17 bits per heavy atom. The minimum atomic E-state index is -3.63. The quantitative estimate of drug-likeness (QED) is 0.813. The summed E-state index contributed by atoms with van der Waals surface area (Å²) in [7, 11) is -3.63. The third kappa shape index (κ3) is 3.32. The lowest BCUT2D eigenvalue weighted by atomic mass is 10.2. The van der Waals surface area contributed by atoms with E-state index in [4.69, 9.17) is 16.7 Å². The van der Waals surface area contributed by atoms with Crippen molar-refractivity contribution in [3.05, 3.63) is 41.4 Å². The first-order valence-corrected chi connectivity index (χ1v) is 7.23. The molecule has 0 bridgehead atoms. The predicted molar refractivity (Wildman–Crippen MR) is 72.2 cm³/mol. The summed E-state index contributed by atoms with van der Waals surface area (Å²) >= 11 is 5.80. The summed E-state index contributed by atoms with van der Waals surface area (Å²) in [5.74, 6) is 0. The van der Waals surface area contributed by atoms with E-state index in [1.807, 2.05) is 0 Å². The molecule has 1 aromatic rings. The van der Waals surface area contributed by atoms with Gasteiger partial charge in [-0.2, -0.15) is 4.31 Å². The highest BCUT2D eigenvalue weighted by Crippen LogP contribution is 2.22. The van der Waals surface area contributed by atoms with Crippen molar-refractivity contribution in [2.45, 2.75) is 11.8 Å². The van der Waals surface area contributed by atoms with Crippen LogP contribution in [0.25, 0.3) is 0 Å². The molecular weight excluding hydrogens is 274 g/mol. The normalized spacial score (nSPS) is 11.8. The number of benzene rings is 1. The standard InChI is InChI=1S/C12H16ClNO3S/c1-3-6-14(7-8-15)18(16,17)12-5-4-11(13)9-10(12)2/h3-5,9,15H,1,6-8H2,2H3. The van der Waals surface area contributed by atoms with E-state index in [1.165, 1.54) is 22.5 Å². The number of aryl methyl sites for hydroxylation is 1. The van der Waals surface area contributed by atoms with Crippen LogP contribution in [0.3, 0.4) is 0 Å². The lowest BCUT2D eigenvalue weighted by molar-refractivity contribution is 0.260. The topological polar surface area (TPSA) is 57.6 Å². The molecule has 100 valence electrons. The van der Waals surface area contributed by atoms with Crippen LogP contribution in [0.4, 0.5) is 0 Å². The molecule has 0 radical (unpaired) electrons. The van der Waals surface area contributed by atoms with E-state index in [-0.39, 0.29) is 24.6 Å². The van der Waals surface area contributed by atoms with E-state index in [9.17, 15) is 8.42 Å². The van der Waals surface area contributed by atoms with Gasteiger partial charge in [-0.25, -0.2) is 8.42 Å².